The van der Waals surface area contributed by atoms with Crippen molar-refractivity contribution in [2.24, 2.45) is 5.92 Å². The Bertz CT molecular complexity index is 361. The molecule has 3 aliphatic heterocycles. The van der Waals surface area contributed by atoms with E-state index in [1.165, 1.54) is 25.7 Å². The first kappa shape index (κ1) is 15.1. The fourth-order valence-corrected chi connectivity index (χ4v) is 4.50. The van der Waals surface area contributed by atoms with Crippen LogP contribution in [-0.2, 0) is 0 Å². The van der Waals surface area contributed by atoms with Crippen molar-refractivity contribution in [3.8, 4) is 0 Å². The van der Waals surface area contributed by atoms with Gasteiger partial charge < -0.3 is 15.1 Å². The molecule has 2 amide bonds. The van der Waals surface area contributed by atoms with Gasteiger partial charge in [-0.3, -0.25) is 0 Å². The molecule has 3 fully saturated rings. The lowest BCUT2D eigenvalue weighted by molar-refractivity contribution is 0.0994. The van der Waals surface area contributed by atoms with Gasteiger partial charge in [0.05, 0.1) is 0 Å². The van der Waals surface area contributed by atoms with Gasteiger partial charge in [0.2, 0.25) is 0 Å². The van der Waals surface area contributed by atoms with Crippen molar-refractivity contribution in [3.63, 3.8) is 0 Å². The summed E-state index contributed by atoms with van der Waals surface area (Å²) in [5.74, 6) is 0.662. The SMILES string of the molecule is CCCN(C(=O)N1CCCC(C)C1)C1CC2CCC(C1)N2. The molecule has 3 heterocycles. The molecule has 0 aromatic carbocycles. The van der Waals surface area contributed by atoms with Gasteiger partial charge in [-0.2, -0.15) is 0 Å². The first-order valence-electron chi connectivity index (χ1n) is 8.99. The molecule has 4 heteroatoms. The number of rotatable bonds is 3. The summed E-state index contributed by atoms with van der Waals surface area (Å²) >= 11 is 0. The summed E-state index contributed by atoms with van der Waals surface area (Å²) < 4.78 is 0. The van der Waals surface area contributed by atoms with Crippen LogP contribution in [0.25, 0.3) is 0 Å². The fourth-order valence-electron chi connectivity index (χ4n) is 4.50. The van der Waals surface area contributed by atoms with Gasteiger partial charge in [-0.1, -0.05) is 13.8 Å². The van der Waals surface area contributed by atoms with E-state index in [2.05, 4.69) is 29.0 Å². The monoisotopic (exact) mass is 293 g/mol. The lowest BCUT2D eigenvalue weighted by atomic mass is 9.97. The van der Waals surface area contributed by atoms with Crippen LogP contribution < -0.4 is 5.32 Å². The average Bonchev–Trinajstić information content (AvgIpc) is 2.82. The minimum absolute atomic E-state index is 0.315. The number of carbonyl (C=O) groups excluding carboxylic acids is 1. The number of nitrogens with zero attached hydrogens (tertiary/aromatic N) is 2. The Morgan fingerprint density at radius 3 is 2.57 bits per heavy atom. The van der Waals surface area contributed by atoms with Crippen molar-refractivity contribution in [3.05, 3.63) is 0 Å². The van der Waals surface area contributed by atoms with Gasteiger partial charge in [-0.25, -0.2) is 4.79 Å². The molecule has 3 aliphatic rings. The third kappa shape index (κ3) is 3.36. The third-order valence-electron chi connectivity index (χ3n) is 5.53. The van der Waals surface area contributed by atoms with E-state index in [1.807, 2.05) is 0 Å². The highest BCUT2D eigenvalue weighted by molar-refractivity contribution is 5.75. The van der Waals surface area contributed by atoms with Crippen LogP contribution in [0.4, 0.5) is 4.79 Å². The number of urea groups is 1. The predicted octanol–water partition coefficient (Wildman–Crippen LogP) is 2.83. The number of carbonyl (C=O) groups is 1. The van der Waals surface area contributed by atoms with E-state index in [0.717, 1.165) is 38.9 Å². The molecule has 3 rings (SSSR count). The minimum atomic E-state index is 0.315. The van der Waals surface area contributed by atoms with E-state index in [0.29, 0.717) is 30.1 Å². The van der Waals surface area contributed by atoms with Crippen LogP contribution in [-0.4, -0.2) is 53.6 Å². The molecule has 3 saturated heterocycles. The van der Waals surface area contributed by atoms with Crippen LogP contribution >= 0.6 is 0 Å². The van der Waals surface area contributed by atoms with Crippen LogP contribution in [0.1, 0.15) is 58.8 Å². The van der Waals surface area contributed by atoms with Gasteiger partial charge in [0.25, 0.3) is 0 Å². The summed E-state index contributed by atoms with van der Waals surface area (Å²) in [6, 6.07) is 2.09. The number of hydrogen-bond donors (Lipinski definition) is 1. The van der Waals surface area contributed by atoms with E-state index in [9.17, 15) is 4.79 Å². The standard InChI is InChI=1S/C17H31N3O/c1-3-8-20(16-10-14-6-7-15(11-16)18-14)17(21)19-9-4-5-13(2)12-19/h13-16,18H,3-12H2,1-2H3. The first-order valence-corrected chi connectivity index (χ1v) is 8.99. The molecule has 0 aliphatic carbocycles. The molecular formula is C17H31N3O. The lowest BCUT2D eigenvalue weighted by Gasteiger charge is -2.42. The van der Waals surface area contributed by atoms with Crippen molar-refractivity contribution >= 4 is 6.03 Å². The largest absolute Gasteiger partial charge is 0.324 e. The fraction of sp³-hybridized carbons (Fsp3) is 0.941. The highest BCUT2D eigenvalue weighted by Gasteiger charge is 2.38. The molecule has 3 unspecified atom stereocenters. The zero-order valence-electron chi connectivity index (χ0n) is 13.7. The van der Waals surface area contributed by atoms with Crippen LogP contribution in [0.3, 0.4) is 0 Å². The quantitative estimate of drug-likeness (QED) is 0.868. The Hall–Kier alpha value is -0.770. The van der Waals surface area contributed by atoms with Crippen LogP contribution in [0, 0.1) is 5.92 Å². The lowest BCUT2D eigenvalue weighted by Crippen LogP contribution is -2.55. The molecule has 0 saturated carbocycles. The van der Waals surface area contributed by atoms with Crippen molar-refractivity contribution in [2.45, 2.75) is 76.9 Å². The molecule has 2 bridgehead atoms. The summed E-state index contributed by atoms with van der Waals surface area (Å²) in [6.45, 7) is 7.30. The van der Waals surface area contributed by atoms with E-state index in [-0.39, 0.29) is 0 Å². The number of amides is 2. The summed E-state index contributed by atoms with van der Waals surface area (Å²) in [4.78, 5) is 17.3. The van der Waals surface area contributed by atoms with Gasteiger partial charge in [-0.05, 0) is 50.9 Å². The molecule has 1 N–H and O–H groups in total. The Labute approximate surface area is 129 Å². The Morgan fingerprint density at radius 2 is 1.95 bits per heavy atom. The number of likely N-dealkylation sites (tertiary alicyclic amines) is 1. The summed E-state index contributed by atoms with van der Waals surface area (Å²) in [5.41, 5.74) is 0. The van der Waals surface area contributed by atoms with Gasteiger partial charge in [0.1, 0.15) is 0 Å². The molecule has 0 radical (unpaired) electrons. The maximum Gasteiger partial charge on any atom is 0.320 e. The molecule has 0 aromatic rings. The van der Waals surface area contributed by atoms with Gasteiger partial charge >= 0.3 is 6.03 Å². The van der Waals surface area contributed by atoms with E-state index in [4.69, 9.17) is 0 Å². The molecule has 0 spiro atoms. The molecule has 21 heavy (non-hydrogen) atoms. The highest BCUT2D eigenvalue weighted by Crippen LogP contribution is 2.31. The maximum atomic E-state index is 13.0. The van der Waals surface area contributed by atoms with Crippen LogP contribution in [0.5, 0.6) is 0 Å². The number of piperidine rings is 2. The third-order valence-corrected chi connectivity index (χ3v) is 5.53. The van der Waals surface area contributed by atoms with Gasteiger partial charge in [0.15, 0.2) is 0 Å². The number of nitrogens with one attached hydrogen (secondary N) is 1. The Balaban J connectivity index is 1.66. The van der Waals surface area contributed by atoms with Crippen molar-refractivity contribution in [1.82, 2.24) is 15.1 Å². The van der Waals surface area contributed by atoms with E-state index in [1.54, 1.807) is 0 Å². The maximum absolute atomic E-state index is 13.0. The predicted molar refractivity (Wildman–Crippen MR) is 85.3 cm³/mol. The molecule has 3 atom stereocenters. The van der Waals surface area contributed by atoms with Crippen LogP contribution in [0.15, 0.2) is 0 Å². The molecule has 120 valence electrons. The zero-order chi connectivity index (χ0) is 14.8. The molecule has 0 aromatic heterocycles. The second-order valence-electron chi connectivity index (χ2n) is 7.43. The molecular weight excluding hydrogens is 262 g/mol. The summed E-state index contributed by atoms with van der Waals surface area (Å²) in [7, 11) is 0. The summed E-state index contributed by atoms with van der Waals surface area (Å²) in [5, 5.41) is 3.69. The number of fused-ring (bicyclic) bond motifs is 2. The van der Waals surface area contributed by atoms with Crippen molar-refractivity contribution in [1.29, 1.82) is 0 Å². The minimum Gasteiger partial charge on any atom is -0.324 e. The first-order chi connectivity index (χ1) is 10.2. The van der Waals surface area contributed by atoms with E-state index < -0.39 is 0 Å². The second-order valence-corrected chi connectivity index (χ2v) is 7.43. The Morgan fingerprint density at radius 1 is 1.24 bits per heavy atom. The highest BCUT2D eigenvalue weighted by atomic mass is 16.2. The normalized spacial score (nSPS) is 35.8. The second kappa shape index (κ2) is 6.55. The topological polar surface area (TPSA) is 35.6 Å². The molecule has 4 nitrogen and oxygen atoms in total. The Kier molecular flexibility index (Phi) is 4.72. The van der Waals surface area contributed by atoms with Crippen LogP contribution in [0.2, 0.25) is 0 Å². The van der Waals surface area contributed by atoms with Gasteiger partial charge in [-0.15, -0.1) is 0 Å². The van der Waals surface area contributed by atoms with Crippen molar-refractivity contribution in [2.75, 3.05) is 19.6 Å². The van der Waals surface area contributed by atoms with Gasteiger partial charge in [0, 0.05) is 37.8 Å². The zero-order valence-corrected chi connectivity index (χ0v) is 13.7. The number of hydrogen-bond acceptors (Lipinski definition) is 2. The van der Waals surface area contributed by atoms with E-state index >= 15 is 0 Å². The summed E-state index contributed by atoms with van der Waals surface area (Å²) in [6.07, 6.45) is 8.43. The smallest absolute Gasteiger partial charge is 0.320 e. The van der Waals surface area contributed by atoms with Crippen molar-refractivity contribution < 1.29 is 4.79 Å². The average molecular weight is 293 g/mol.